The summed E-state index contributed by atoms with van der Waals surface area (Å²) in [7, 11) is 0. The average molecular weight is 293 g/mol. The number of benzene rings is 1. The molecule has 100 valence electrons. The van der Waals surface area contributed by atoms with Crippen molar-refractivity contribution in [2.45, 2.75) is 38.2 Å². The van der Waals surface area contributed by atoms with Gasteiger partial charge < -0.3 is 4.74 Å². The molecule has 0 N–H and O–H groups in total. The maximum atomic E-state index is 6.59. The summed E-state index contributed by atoms with van der Waals surface area (Å²) in [5, 5.41) is -0.0623. The van der Waals surface area contributed by atoms with Crippen molar-refractivity contribution in [3.8, 4) is 5.75 Å². The lowest BCUT2D eigenvalue weighted by atomic mass is 9.99. The molecule has 19 heavy (non-hydrogen) atoms. The van der Waals surface area contributed by atoms with Gasteiger partial charge in [-0.15, -0.1) is 22.9 Å². The summed E-state index contributed by atoms with van der Waals surface area (Å²) in [6, 6.07) is 10.6. The summed E-state index contributed by atoms with van der Waals surface area (Å²) in [6.45, 7) is 6.35. The highest BCUT2D eigenvalue weighted by molar-refractivity contribution is 7.12. The quantitative estimate of drug-likeness (QED) is 0.700. The van der Waals surface area contributed by atoms with Crippen LogP contribution in [0.1, 0.15) is 40.1 Å². The van der Waals surface area contributed by atoms with E-state index in [4.69, 9.17) is 16.3 Å². The number of aryl methyl sites for hydroxylation is 1. The monoisotopic (exact) mass is 292 g/mol. The fraction of sp³-hybridized carbons (Fsp3) is 0.375. The number of ether oxygens (including phenoxy) is 1. The maximum absolute atomic E-state index is 6.59. The van der Waals surface area contributed by atoms with Gasteiger partial charge >= 0.3 is 0 Å². The fourth-order valence-electron chi connectivity index (χ4n) is 2.54. The van der Waals surface area contributed by atoms with E-state index < -0.39 is 0 Å². The van der Waals surface area contributed by atoms with Crippen LogP contribution in [0.5, 0.6) is 5.75 Å². The van der Waals surface area contributed by atoms with E-state index in [9.17, 15) is 0 Å². The molecule has 0 amide bonds. The van der Waals surface area contributed by atoms with Gasteiger partial charge in [0.25, 0.3) is 0 Å². The van der Waals surface area contributed by atoms with Crippen LogP contribution in [0.15, 0.2) is 30.3 Å². The molecule has 1 atom stereocenters. The predicted molar refractivity (Wildman–Crippen MR) is 81.6 cm³/mol. The molecule has 0 spiro atoms. The van der Waals surface area contributed by atoms with Crippen molar-refractivity contribution in [3.63, 3.8) is 0 Å². The van der Waals surface area contributed by atoms with Crippen LogP contribution in [0.25, 0.3) is 0 Å². The van der Waals surface area contributed by atoms with Crippen molar-refractivity contribution in [1.29, 1.82) is 0 Å². The van der Waals surface area contributed by atoms with Gasteiger partial charge in [0.2, 0.25) is 0 Å². The highest BCUT2D eigenvalue weighted by Crippen LogP contribution is 2.39. The topological polar surface area (TPSA) is 9.23 Å². The normalized spacial score (nSPS) is 17.9. The minimum absolute atomic E-state index is 0.0623. The minimum Gasteiger partial charge on any atom is -0.487 e. The van der Waals surface area contributed by atoms with Crippen LogP contribution < -0.4 is 4.74 Å². The zero-order valence-electron chi connectivity index (χ0n) is 11.4. The zero-order chi connectivity index (χ0) is 13.6. The Hall–Kier alpha value is -0.990. The Bertz CT molecular complexity index is 615. The molecule has 0 radical (unpaired) electrons. The first-order valence-corrected chi connectivity index (χ1v) is 7.72. The molecule has 0 aliphatic carbocycles. The minimum atomic E-state index is -0.0950. The van der Waals surface area contributed by atoms with Crippen molar-refractivity contribution >= 4 is 22.9 Å². The summed E-state index contributed by atoms with van der Waals surface area (Å²) >= 11 is 8.35. The van der Waals surface area contributed by atoms with E-state index >= 15 is 0 Å². The van der Waals surface area contributed by atoms with E-state index in [1.54, 1.807) is 11.3 Å². The van der Waals surface area contributed by atoms with Gasteiger partial charge in [-0.2, -0.15) is 0 Å². The molecule has 1 aliphatic heterocycles. The van der Waals surface area contributed by atoms with Crippen LogP contribution in [-0.2, 0) is 6.42 Å². The summed E-state index contributed by atoms with van der Waals surface area (Å²) < 4.78 is 5.90. The molecule has 1 unspecified atom stereocenters. The summed E-state index contributed by atoms with van der Waals surface area (Å²) in [4.78, 5) is 2.50. The second-order valence-electron chi connectivity index (χ2n) is 5.72. The SMILES string of the molecule is Cc1ccc(C(Cl)c2ccc3c(c2)CC(C)(C)O3)s1. The average Bonchev–Trinajstić information content (AvgIpc) is 2.88. The fourth-order valence-corrected chi connectivity index (χ4v) is 3.77. The Morgan fingerprint density at radius 1 is 1.26 bits per heavy atom. The molecule has 1 aromatic heterocycles. The van der Waals surface area contributed by atoms with Crippen molar-refractivity contribution in [3.05, 3.63) is 51.2 Å². The molecule has 0 fully saturated rings. The van der Waals surface area contributed by atoms with Gasteiger partial charge in [-0.3, -0.25) is 0 Å². The van der Waals surface area contributed by atoms with Gasteiger partial charge in [-0.1, -0.05) is 12.1 Å². The summed E-state index contributed by atoms with van der Waals surface area (Å²) in [5.41, 5.74) is 2.33. The number of alkyl halides is 1. The van der Waals surface area contributed by atoms with Gasteiger partial charge in [-0.05, 0) is 50.1 Å². The van der Waals surface area contributed by atoms with Gasteiger partial charge in [0.1, 0.15) is 11.4 Å². The highest BCUT2D eigenvalue weighted by atomic mass is 35.5. The third-order valence-electron chi connectivity index (χ3n) is 3.39. The number of fused-ring (bicyclic) bond motifs is 1. The van der Waals surface area contributed by atoms with Gasteiger partial charge in [-0.25, -0.2) is 0 Å². The molecule has 2 aromatic rings. The molecular weight excluding hydrogens is 276 g/mol. The standard InChI is InChI=1S/C16H17ClOS/c1-10-4-7-14(19-10)15(17)11-5-6-13-12(8-11)9-16(2,3)18-13/h4-8,15H,9H2,1-3H3. The number of hydrogen-bond donors (Lipinski definition) is 0. The molecular formula is C16H17ClOS. The lowest BCUT2D eigenvalue weighted by molar-refractivity contribution is 0.138. The second-order valence-corrected chi connectivity index (χ2v) is 7.47. The summed E-state index contributed by atoms with van der Waals surface area (Å²) in [6.07, 6.45) is 0.948. The van der Waals surface area contributed by atoms with Crippen LogP contribution in [0.3, 0.4) is 0 Å². The predicted octanol–water partition coefficient (Wildman–Crippen LogP) is 5.10. The Labute approximate surface area is 123 Å². The van der Waals surface area contributed by atoms with E-state index in [0.717, 1.165) is 17.7 Å². The smallest absolute Gasteiger partial charge is 0.123 e. The van der Waals surface area contributed by atoms with E-state index in [-0.39, 0.29) is 11.0 Å². The molecule has 0 saturated heterocycles. The molecule has 1 nitrogen and oxygen atoms in total. The maximum Gasteiger partial charge on any atom is 0.123 e. The first-order valence-electron chi connectivity index (χ1n) is 6.47. The molecule has 0 bridgehead atoms. The largest absolute Gasteiger partial charge is 0.487 e. The Morgan fingerprint density at radius 2 is 2.05 bits per heavy atom. The van der Waals surface area contributed by atoms with E-state index in [2.05, 4.69) is 51.1 Å². The first kappa shape index (κ1) is 13.0. The molecule has 3 heteroatoms. The van der Waals surface area contributed by atoms with Crippen molar-refractivity contribution in [2.24, 2.45) is 0 Å². The molecule has 1 aliphatic rings. The van der Waals surface area contributed by atoms with Crippen molar-refractivity contribution in [1.82, 2.24) is 0 Å². The first-order chi connectivity index (χ1) is 8.94. The van der Waals surface area contributed by atoms with Gasteiger partial charge in [0, 0.05) is 16.2 Å². The van der Waals surface area contributed by atoms with Crippen molar-refractivity contribution < 1.29 is 4.74 Å². The zero-order valence-corrected chi connectivity index (χ0v) is 12.9. The van der Waals surface area contributed by atoms with Crippen LogP contribution in [0.2, 0.25) is 0 Å². The second kappa shape index (κ2) is 4.53. The van der Waals surface area contributed by atoms with E-state index in [1.807, 2.05) is 0 Å². The number of halogens is 1. The van der Waals surface area contributed by atoms with Crippen LogP contribution in [0, 0.1) is 6.92 Å². The molecule has 3 rings (SSSR count). The third kappa shape index (κ3) is 2.52. The number of rotatable bonds is 2. The van der Waals surface area contributed by atoms with E-state index in [1.165, 1.54) is 15.3 Å². The lowest BCUT2D eigenvalue weighted by Crippen LogP contribution is -2.24. The number of thiophene rings is 1. The number of hydrogen-bond acceptors (Lipinski definition) is 2. The molecule has 1 aromatic carbocycles. The van der Waals surface area contributed by atoms with Crippen LogP contribution in [0.4, 0.5) is 0 Å². The Balaban J connectivity index is 1.92. The van der Waals surface area contributed by atoms with Crippen LogP contribution in [-0.4, -0.2) is 5.60 Å². The van der Waals surface area contributed by atoms with Crippen LogP contribution >= 0.6 is 22.9 Å². The van der Waals surface area contributed by atoms with E-state index in [0.29, 0.717) is 0 Å². The Morgan fingerprint density at radius 3 is 2.74 bits per heavy atom. The van der Waals surface area contributed by atoms with Gasteiger partial charge in [0.15, 0.2) is 0 Å². The third-order valence-corrected chi connectivity index (χ3v) is 5.07. The molecule has 0 saturated carbocycles. The van der Waals surface area contributed by atoms with Crippen molar-refractivity contribution in [2.75, 3.05) is 0 Å². The lowest BCUT2D eigenvalue weighted by Gasteiger charge is -2.16. The highest BCUT2D eigenvalue weighted by Gasteiger charge is 2.30. The summed E-state index contributed by atoms with van der Waals surface area (Å²) in [5.74, 6) is 1.000. The Kier molecular flexibility index (Phi) is 3.11. The molecule has 2 heterocycles. The van der Waals surface area contributed by atoms with Gasteiger partial charge in [0.05, 0.1) is 5.38 Å².